The van der Waals surface area contributed by atoms with E-state index in [4.69, 9.17) is 0 Å². The maximum absolute atomic E-state index is 2.39. The van der Waals surface area contributed by atoms with Gasteiger partial charge in [0.25, 0.3) is 0 Å². The second kappa shape index (κ2) is 9.66. The Morgan fingerprint density at radius 2 is 0.780 bits per heavy atom. The van der Waals surface area contributed by atoms with Crippen LogP contribution in [-0.2, 0) is 0 Å². The van der Waals surface area contributed by atoms with E-state index < -0.39 is 0 Å². The lowest BCUT2D eigenvalue weighted by Gasteiger charge is -2.29. The molecule has 1 heteroatoms. The molecule has 7 aromatic carbocycles. The highest BCUT2D eigenvalue weighted by molar-refractivity contribution is 6.11. The maximum atomic E-state index is 2.39. The van der Waals surface area contributed by atoms with E-state index in [1.807, 2.05) is 0 Å². The SMILES string of the molecule is c1ccc(-c2ccc(N(c3ccc(-c4ccccc4)cc3)c3cccc4cc5c(cc34)-c3ccccc3-5)cc2)cc1. The van der Waals surface area contributed by atoms with Gasteiger partial charge in [0.1, 0.15) is 0 Å². The third-order valence-corrected chi connectivity index (χ3v) is 8.21. The van der Waals surface area contributed by atoms with Crippen LogP contribution >= 0.6 is 0 Å². The molecule has 0 saturated carbocycles. The molecule has 0 unspecified atom stereocenters. The average Bonchev–Trinajstić information content (AvgIpc) is 3.05. The molecule has 0 atom stereocenters. The highest BCUT2D eigenvalue weighted by Crippen LogP contribution is 2.50. The minimum Gasteiger partial charge on any atom is -0.310 e. The van der Waals surface area contributed by atoms with Crippen LogP contribution in [0.5, 0.6) is 0 Å². The first-order valence-electron chi connectivity index (χ1n) is 14.1. The van der Waals surface area contributed by atoms with E-state index in [-0.39, 0.29) is 0 Å². The highest BCUT2D eigenvalue weighted by Gasteiger charge is 2.24. The number of anilines is 3. The first kappa shape index (κ1) is 23.5. The Hall–Kier alpha value is -5.40. The Morgan fingerprint density at radius 3 is 1.32 bits per heavy atom. The number of fused-ring (bicyclic) bond motifs is 5. The Kier molecular flexibility index (Phi) is 5.53. The second-order valence-electron chi connectivity index (χ2n) is 10.6. The largest absolute Gasteiger partial charge is 0.310 e. The molecule has 0 saturated heterocycles. The van der Waals surface area contributed by atoms with Gasteiger partial charge in [0.15, 0.2) is 0 Å². The fourth-order valence-electron chi connectivity index (χ4n) is 6.13. The van der Waals surface area contributed by atoms with Gasteiger partial charge in [-0.3, -0.25) is 0 Å². The number of rotatable bonds is 5. The smallest absolute Gasteiger partial charge is 0.0540 e. The molecule has 1 nitrogen and oxygen atoms in total. The van der Waals surface area contributed by atoms with Crippen LogP contribution in [0, 0.1) is 0 Å². The van der Waals surface area contributed by atoms with Gasteiger partial charge in [-0.05, 0) is 92.4 Å². The van der Waals surface area contributed by atoms with E-state index in [1.165, 1.54) is 61.0 Å². The van der Waals surface area contributed by atoms with Gasteiger partial charge in [-0.2, -0.15) is 0 Å². The Morgan fingerprint density at radius 1 is 0.317 bits per heavy atom. The van der Waals surface area contributed by atoms with E-state index in [1.54, 1.807) is 0 Å². The lowest BCUT2D eigenvalue weighted by Crippen LogP contribution is -2.11. The van der Waals surface area contributed by atoms with Gasteiger partial charge >= 0.3 is 0 Å². The van der Waals surface area contributed by atoms with Crippen LogP contribution in [-0.4, -0.2) is 0 Å². The molecule has 0 aromatic heterocycles. The monoisotopic (exact) mass is 521 g/mol. The topological polar surface area (TPSA) is 3.24 Å². The Bertz CT molecular complexity index is 1920. The Balaban J connectivity index is 1.28. The minimum absolute atomic E-state index is 1.13. The third kappa shape index (κ3) is 4.02. The highest BCUT2D eigenvalue weighted by atomic mass is 15.1. The summed E-state index contributed by atoms with van der Waals surface area (Å²) in [4.78, 5) is 2.39. The second-order valence-corrected chi connectivity index (χ2v) is 10.6. The van der Waals surface area contributed by atoms with Gasteiger partial charge in [-0.15, -0.1) is 0 Å². The van der Waals surface area contributed by atoms with Gasteiger partial charge < -0.3 is 4.90 Å². The lowest BCUT2D eigenvalue weighted by atomic mass is 9.79. The lowest BCUT2D eigenvalue weighted by molar-refractivity contribution is 1.30. The summed E-state index contributed by atoms with van der Waals surface area (Å²) < 4.78 is 0. The van der Waals surface area contributed by atoms with Crippen molar-refractivity contribution in [2.45, 2.75) is 0 Å². The van der Waals surface area contributed by atoms with Crippen LogP contribution in [0.2, 0.25) is 0 Å². The van der Waals surface area contributed by atoms with Gasteiger partial charge in [0, 0.05) is 16.8 Å². The van der Waals surface area contributed by atoms with Gasteiger partial charge in [0.2, 0.25) is 0 Å². The third-order valence-electron chi connectivity index (χ3n) is 8.21. The molecule has 0 fully saturated rings. The zero-order chi connectivity index (χ0) is 27.2. The van der Waals surface area contributed by atoms with Crippen molar-refractivity contribution in [2.75, 3.05) is 4.90 Å². The average molecular weight is 522 g/mol. The summed E-state index contributed by atoms with van der Waals surface area (Å²) in [6.07, 6.45) is 0. The first-order chi connectivity index (χ1) is 20.3. The van der Waals surface area contributed by atoms with Crippen molar-refractivity contribution >= 4 is 27.8 Å². The fraction of sp³-hybridized carbons (Fsp3) is 0. The van der Waals surface area contributed by atoms with Crippen LogP contribution < -0.4 is 4.90 Å². The summed E-state index contributed by atoms with van der Waals surface area (Å²) in [6, 6.07) is 59.1. The molecule has 0 heterocycles. The molecule has 1 aliphatic carbocycles. The van der Waals surface area contributed by atoms with Crippen molar-refractivity contribution in [3.05, 3.63) is 164 Å². The zero-order valence-corrected chi connectivity index (χ0v) is 22.5. The molecule has 0 aliphatic heterocycles. The maximum Gasteiger partial charge on any atom is 0.0540 e. The van der Waals surface area contributed by atoms with Crippen LogP contribution in [0.25, 0.3) is 55.3 Å². The van der Waals surface area contributed by atoms with E-state index >= 15 is 0 Å². The predicted molar refractivity (Wildman–Crippen MR) is 174 cm³/mol. The molecule has 7 aromatic rings. The van der Waals surface area contributed by atoms with Crippen molar-refractivity contribution < 1.29 is 0 Å². The van der Waals surface area contributed by atoms with Crippen molar-refractivity contribution in [3.63, 3.8) is 0 Å². The molecule has 41 heavy (non-hydrogen) atoms. The molecule has 0 N–H and O–H groups in total. The van der Waals surface area contributed by atoms with Crippen LogP contribution in [0.3, 0.4) is 0 Å². The van der Waals surface area contributed by atoms with Gasteiger partial charge in [0.05, 0.1) is 5.69 Å². The molecular weight excluding hydrogens is 494 g/mol. The van der Waals surface area contributed by atoms with Crippen LogP contribution in [0.15, 0.2) is 164 Å². The van der Waals surface area contributed by atoms with Crippen molar-refractivity contribution in [2.24, 2.45) is 0 Å². The summed E-state index contributed by atoms with van der Waals surface area (Å²) >= 11 is 0. The normalized spacial score (nSPS) is 11.4. The quantitative estimate of drug-likeness (QED) is 0.218. The molecule has 1 aliphatic rings. The van der Waals surface area contributed by atoms with E-state index in [0.717, 1.165) is 11.4 Å². The molecule has 0 bridgehead atoms. The molecular formula is C40H27N. The molecule has 0 radical (unpaired) electrons. The molecule has 0 amide bonds. The minimum atomic E-state index is 1.13. The standard InChI is InChI=1S/C40H27N/c1-3-10-28(11-4-1)30-18-22-33(23-19-30)41(34-24-20-31(21-25-34)29-12-5-2-6-13-29)40-17-9-14-32-26-38-35-15-7-8-16-36(35)39(38)27-37(32)40/h1-27H. The fourth-order valence-corrected chi connectivity index (χ4v) is 6.13. The van der Waals surface area contributed by atoms with Crippen LogP contribution in [0.4, 0.5) is 17.1 Å². The summed E-state index contributed by atoms with van der Waals surface area (Å²) in [5.41, 5.74) is 13.7. The summed E-state index contributed by atoms with van der Waals surface area (Å²) in [5.74, 6) is 0. The molecule has 192 valence electrons. The van der Waals surface area contributed by atoms with Crippen LogP contribution in [0.1, 0.15) is 0 Å². The first-order valence-corrected chi connectivity index (χ1v) is 14.1. The summed E-state index contributed by atoms with van der Waals surface area (Å²) in [6.45, 7) is 0. The van der Waals surface area contributed by atoms with E-state index in [9.17, 15) is 0 Å². The van der Waals surface area contributed by atoms with Crippen molar-refractivity contribution in [1.29, 1.82) is 0 Å². The van der Waals surface area contributed by atoms with E-state index in [0.29, 0.717) is 0 Å². The Labute approximate surface area is 240 Å². The van der Waals surface area contributed by atoms with Gasteiger partial charge in [-0.25, -0.2) is 0 Å². The molecule has 0 spiro atoms. The summed E-state index contributed by atoms with van der Waals surface area (Å²) in [5, 5.41) is 2.50. The number of hydrogen-bond acceptors (Lipinski definition) is 1. The zero-order valence-electron chi connectivity index (χ0n) is 22.5. The number of nitrogens with zero attached hydrogens (tertiary/aromatic N) is 1. The van der Waals surface area contributed by atoms with Crippen molar-refractivity contribution in [3.8, 4) is 44.5 Å². The summed E-state index contributed by atoms with van der Waals surface area (Å²) in [7, 11) is 0. The molecule has 8 rings (SSSR count). The number of benzene rings is 7. The van der Waals surface area contributed by atoms with Crippen molar-refractivity contribution in [1.82, 2.24) is 0 Å². The number of hydrogen-bond donors (Lipinski definition) is 0. The predicted octanol–water partition coefficient (Wildman–Crippen LogP) is 11.3. The van der Waals surface area contributed by atoms with Gasteiger partial charge in [-0.1, -0.05) is 121 Å². The van der Waals surface area contributed by atoms with E-state index in [2.05, 4.69) is 169 Å².